The average molecular weight is 462 g/mol. The summed E-state index contributed by atoms with van der Waals surface area (Å²) in [5, 5.41) is 18.6. The molecule has 7 nitrogen and oxygen atoms in total. The number of rotatable bonds is 6. The normalized spacial score (nSPS) is 14.3. The first kappa shape index (κ1) is 21.7. The Kier molecular flexibility index (Phi) is 6.25. The van der Waals surface area contributed by atoms with E-state index in [4.69, 9.17) is 28.2 Å². The standard InChI is InChI=1S/C22H25Cl2N5O2/c1-13-12-18(25-10-11-28(22(30)31)15-6-3-4-7-15)29-21(26-13)19(14(2)27-29)16-8-5-9-17(23)20(16)24/h5,8-9,12,15,25H,3-4,6-7,10-11H2,1-2H3,(H,30,31). The maximum Gasteiger partial charge on any atom is 0.407 e. The predicted molar refractivity (Wildman–Crippen MR) is 123 cm³/mol. The lowest BCUT2D eigenvalue weighted by Crippen LogP contribution is -2.40. The van der Waals surface area contributed by atoms with E-state index in [0.717, 1.165) is 54.0 Å². The molecule has 1 amide bonds. The van der Waals surface area contributed by atoms with Crippen molar-refractivity contribution in [2.45, 2.75) is 45.6 Å². The van der Waals surface area contributed by atoms with Crippen LogP contribution in [0.3, 0.4) is 0 Å². The largest absolute Gasteiger partial charge is 0.465 e. The second-order valence-electron chi connectivity index (χ2n) is 7.92. The number of halogens is 2. The van der Waals surface area contributed by atoms with Crippen LogP contribution in [-0.4, -0.2) is 49.8 Å². The van der Waals surface area contributed by atoms with Gasteiger partial charge < -0.3 is 15.3 Å². The molecule has 9 heteroatoms. The molecule has 0 radical (unpaired) electrons. The molecule has 1 fully saturated rings. The number of anilines is 1. The maximum atomic E-state index is 11.7. The Bertz CT molecular complexity index is 1120. The summed E-state index contributed by atoms with van der Waals surface area (Å²) < 4.78 is 1.75. The van der Waals surface area contributed by atoms with E-state index < -0.39 is 6.09 Å². The molecule has 1 aliphatic rings. The number of hydrogen-bond donors (Lipinski definition) is 2. The van der Waals surface area contributed by atoms with Gasteiger partial charge in [-0.3, -0.25) is 0 Å². The van der Waals surface area contributed by atoms with Crippen LogP contribution in [0.4, 0.5) is 10.6 Å². The Morgan fingerprint density at radius 1 is 1.29 bits per heavy atom. The van der Waals surface area contributed by atoms with Crippen molar-refractivity contribution < 1.29 is 9.90 Å². The zero-order chi connectivity index (χ0) is 22.1. The Morgan fingerprint density at radius 3 is 2.74 bits per heavy atom. The number of benzene rings is 1. The Labute approximate surface area is 191 Å². The monoisotopic (exact) mass is 461 g/mol. The highest BCUT2D eigenvalue weighted by molar-refractivity contribution is 6.43. The molecule has 2 heterocycles. The molecule has 164 valence electrons. The van der Waals surface area contributed by atoms with Gasteiger partial charge in [-0.1, -0.05) is 48.2 Å². The van der Waals surface area contributed by atoms with Crippen LogP contribution in [-0.2, 0) is 0 Å². The number of amides is 1. The number of aromatic nitrogens is 3. The molecular formula is C22H25Cl2N5O2. The van der Waals surface area contributed by atoms with Gasteiger partial charge in [-0.15, -0.1) is 0 Å². The van der Waals surface area contributed by atoms with Gasteiger partial charge in [0.2, 0.25) is 0 Å². The lowest BCUT2D eigenvalue weighted by molar-refractivity contribution is 0.127. The Balaban J connectivity index is 1.63. The highest BCUT2D eigenvalue weighted by Gasteiger charge is 2.26. The number of fused-ring (bicyclic) bond motifs is 1. The van der Waals surface area contributed by atoms with E-state index in [-0.39, 0.29) is 6.04 Å². The molecule has 0 atom stereocenters. The van der Waals surface area contributed by atoms with Crippen molar-refractivity contribution in [3.8, 4) is 11.1 Å². The molecule has 0 aliphatic heterocycles. The van der Waals surface area contributed by atoms with E-state index in [9.17, 15) is 9.90 Å². The molecule has 4 rings (SSSR count). The first-order valence-corrected chi connectivity index (χ1v) is 11.2. The van der Waals surface area contributed by atoms with Gasteiger partial charge in [0, 0.05) is 36.5 Å². The second-order valence-corrected chi connectivity index (χ2v) is 8.71. The van der Waals surface area contributed by atoms with Crippen LogP contribution in [0.25, 0.3) is 16.8 Å². The van der Waals surface area contributed by atoms with Crippen molar-refractivity contribution in [2.24, 2.45) is 0 Å². The zero-order valence-electron chi connectivity index (χ0n) is 17.5. The molecule has 0 saturated heterocycles. The third-order valence-electron chi connectivity index (χ3n) is 5.78. The topological polar surface area (TPSA) is 82.8 Å². The summed E-state index contributed by atoms with van der Waals surface area (Å²) in [5.74, 6) is 0.756. The van der Waals surface area contributed by atoms with Crippen LogP contribution >= 0.6 is 23.2 Å². The second kappa shape index (κ2) is 8.93. The van der Waals surface area contributed by atoms with Gasteiger partial charge in [-0.25, -0.2) is 9.78 Å². The molecule has 2 N–H and O–H groups in total. The third kappa shape index (κ3) is 4.29. The smallest absolute Gasteiger partial charge is 0.407 e. The first-order valence-electron chi connectivity index (χ1n) is 10.4. The van der Waals surface area contributed by atoms with Gasteiger partial charge in [-0.05, 0) is 32.8 Å². The minimum absolute atomic E-state index is 0.113. The minimum atomic E-state index is -0.863. The first-order chi connectivity index (χ1) is 14.9. The van der Waals surface area contributed by atoms with Gasteiger partial charge in [0.15, 0.2) is 5.65 Å². The van der Waals surface area contributed by atoms with E-state index in [2.05, 4.69) is 10.4 Å². The fourth-order valence-electron chi connectivity index (χ4n) is 4.34. The van der Waals surface area contributed by atoms with Gasteiger partial charge in [0.1, 0.15) is 5.82 Å². The van der Waals surface area contributed by atoms with Crippen LogP contribution in [0.5, 0.6) is 0 Å². The summed E-state index contributed by atoms with van der Waals surface area (Å²) in [7, 11) is 0. The van der Waals surface area contributed by atoms with Gasteiger partial charge in [-0.2, -0.15) is 9.61 Å². The Morgan fingerprint density at radius 2 is 2.03 bits per heavy atom. The number of nitrogens with zero attached hydrogens (tertiary/aromatic N) is 4. The van der Waals surface area contributed by atoms with E-state index in [1.807, 2.05) is 32.0 Å². The van der Waals surface area contributed by atoms with E-state index >= 15 is 0 Å². The highest BCUT2D eigenvalue weighted by Crippen LogP contribution is 2.37. The summed E-state index contributed by atoms with van der Waals surface area (Å²) in [6.45, 7) is 4.72. The van der Waals surface area contributed by atoms with Crippen LogP contribution in [0.15, 0.2) is 24.3 Å². The molecule has 0 bridgehead atoms. The zero-order valence-corrected chi connectivity index (χ0v) is 19.0. The van der Waals surface area contributed by atoms with Crippen LogP contribution in [0.1, 0.15) is 37.1 Å². The van der Waals surface area contributed by atoms with E-state index in [0.29, 0.717) is 28.8 Å². The summed E-state index contributed by atoms with van der Waals surface area (Å²) in [6.07, 6.45) is 3.19. The van der Waals surface area contributed by atoms with Gasteiger partial charge in [0.05, 0.1) is 21.3 Å². The summed E-state index contributed by atoms with van der Waals surface area (Å²) >= 11 is 12.7. The molecule has 1 aliphatic carbocycles. The maximum absolute atomic E-state index is 11.7. The quantitative estimate of drug-likeness (QED) is 0.494. The van der Waals surface area contributed by atoms with Crippen molar-refractivity contribution in [1.82, 2.24) is 19.5 Å². The number of hydrogen-bond acceptors (Lipinski definition) is 4. The molecule has 0 spiro atoms. The highest BCUT2D eigenvalue weighted by atomic mass is 35.5. The summed E-state index contributed by atoms with van der Waals surface area (Å²) in [6, 6.07) is 7.52. The van der Waals surface area contributed by atoms with Gasteiger partial charge >= 0.3 is 6.09 Å². The molecule has 2 aromatic heterocycles. The average Bonchev–Trinajstić information content (AvgIpc) is 3.35. The van der Waals surface area contributed by atoms with Crippen molar-refractivity contribution >= 4 is 40.8 Å². The summed E-state index contributed by atoms with van der Waals surface area (Å²) in [4.78, 5) is 18.0. The predicted octanol–water partition coefficient (Wildman–Crippen LogP) is 5.65. The number of aryl methyl sites for hydroxylation is 2. The van der Waals surface area contributed by atoms with Crippen LogP contribution in [0, 0.1) is 13.8 Å². The van der Waals surface area contributed by atoms with Crippen molar-refractivity contribution in [3.63, 3.8) is 0 Å². The molecule has 3 aromatic rings. The van der Waals surface area contributed by atoms with E-state index in [1.54, 1.807) is 15.5 Å². The lowest BCUT2D eigenvalue weighted by Gasteiger charge is -2.26. The third-order valence-corrected chi connectivity index (χ3v) is 6.60. The minimum Gasteiger partial charge on any atom is -0.465 e. The van der Waals surface area contributed by atoms with Gasteiger partial charge in [0.25, 0.3) is 0 Å². The number of nitrogens with one attached hydrogen (secondary N) is 1. The number of carboxylic acid groups (broad SMARTS) is 1. The fraction of sp³-hybridized carbons (Fsp3) is 0.409. The molecular weight excluding hydrogens is 437 g/mol. The van der Waals surface area contributed by atoms with E-state index in [1.165, 1.54) is 0 Å². The van der Waals surface area contributed by atoms with Crippen molar-refractivity contribution in [2.75, 3.05) is 18.4 Å². The summed E-state index contributed by atoms with van der Waals surface area (Å²) in [5.41, 5.74) is 3.89. The SMILES string of the molecule is Cc1cc(NCCN(C(=O)O)C2CCCC2)n2nc(C)c(-c3cccc(Cl)c3Cl)c2n1. The molecule has 0 unspecified atom stereocenters. The molecule has 1 aromatic carbocycles. The Hall–Kier alpha value is -2.51. The van der Waals surface area contributed by atoms with Crippen molar-refractivity contribution in [3.05, 3.63) is 45.7 Å². The van der Waals surface area contributed by atoms with Crippen LogP contribution < -0.4 is 5.32 Å². The lowest BCUT2D eigenvalue weighted by atomic mass is 10.1. The molecule has 31 heavy (non-hydrogen) atoms. The van der Waals surface area contributed by atoms with Crippen LogP contribution in [0.2, 0.25) is 10.0 Å². The van der Waals surface area contributed by atoms with Crippen molar-refractivity contribution in [1.29, 1.82) is 0 Å². The number of carbonyl (C=O) groups is 1. The fourth-order valence-corrected chi connectivity index (χ4v) is 4.73. The molecule has 1 saturated carbocycles.